The van der Waals surface area contributed by atoms with Crippen molar-refractivity contribution in [1.82, 2.24) is 15.2 Å². The van der Waals surface area contributed by atoms with Crippen molar-refractivity contribution in [3.63, 3.8) is 0 Å². The molecule has 108 valence electrons. The van der Waals surface area contributed by atoms with E-state index in [2.05, 4.69) is 20.5 Å². The van der Waals surface area contributed by atoms with Gasteiger partial charge in [0.15, 0.2) is 0 Å². The van der Waals surface area contributed by atoms with Crippen molar-refractivity contribution in [2.45, 2.75) is 6.42 Å². The van der Waals surface area contributed by atoms with Crippen LogP contribution in [0.3, 0.4) is 0 Å². The van der Waals surface area contributed by atoms with Gasteiger partial charge in [0.05, 0.1) is 16.6 Å². The fourth-order valence-electron chi connectivity index (χ4n) is 2.27. The third kappa shape index (κ3) is 2.73. The smallest absolute Gasteiger partial charge is 0.232 e. The van der Waals surface area contributed by atoms with Gasteiger partial charge in [0.2, 0.25) is 17.8 Å². The van der Waals surface area contributed by atoms with E-state index in [1.807, 2.05) is 0 Å². The molecule has 21 heavy (non-hydrogen) atoms. The number of amides is 2. The fraction of sp³-hybridized carbons (Fsp3) is 0.231. The molecule has 0 unspecified atom stereocenters. The maximum atomic E-state index is 12.1. The molecular weight excluding hydrogens is 294 g/mol. The van der Waals surface area contributed by atoms with Gasteiger partial charge in [-0.2, -0.15) is 10.1 Å². The number of benzene rings is 1. The third-order valence-electron chi connectivity index (χ3n) is 3.30. The number of anilines is 2. The fourth-order valence-corrected chi connectivity index (χ4v) is 2.51. The Kier molecular flexibility index (Phi) is 3.57. The number of aromatic amines is 1. The second-order valence-corrected chi connectivity index (χ2v) is 5.09. The standard InChI is InChI=1S/C13H12ClN5O2/c14-9-3-1-2-4-10(9)19-6-8(5-11(19)20)12(21)17-13-15-7-16-18-13/h1-4,7-8H,5-6H2,(H2,15,16,17,18,21)/t8-/m0/s1. The van der Waals surface area contributed by atoms with Crippen molar-refractivity contribution in [2.24, 2.45) is 5.92 Å². The molecule has 2 aromatic rings. The highest BCUT2D eigenvalue weighted by molar-refractivity contribution is 6.33. The summed E-state index contributed by atoms with van der Waals surface area (Å²) in [7, 11) is 0. The largest absolute Gasteiger partial charge is 0.310 e. The van der Waals surface area contributed by atoms with Crippen molar-refractivity contribution >= 4 is 35.1 Å². The Morgan fingerprint density at radius 3 is 2.95 bits per heavy atom. The molecule has 2 N–H and O–H groups in total. The highest BCUT2D eigenvalue weighted by Gasteiger charge is 2.36. The number of nitrogens with zero attached hydrogens (tertiary/aromatic N) is 3. The highest BCUT2D eigenvalue weighted by atomic mass is 35.5. The van der Waals surface area contributed by atoms with Gasteiger partial charge in [-0.25, -0.2) is 5.10 Å². The maximum Gasteiger partial charge on any atom is 0.232 e. The average Bonchev–Trinajstić information content (AvgIpc) is 3.09. The molecule has 0 aliphatic carbocycles. The van der Waals surface area contributed by atoms with Crippen LogP contribution in [-0.2, 0) is 9.59 Å². The summed E-state index contributed by atoms with van der Waals surface area (Å²) in [6, 6.07) is 7.07. The van der Waals surface area contributed by atoms with Crippen LogP contribution in [0, 0.1) is 5.92 Å². The summed E-state index contributed by atoms with van der Waals surface area (Å²) in [5.41, 5.74) is 0.624. The molecule has 8 heteroatoms. The Hall–Kier alpha value is -2.41. The molecule has 0 spiro atoms. The molecule has 1 fully saturated rings. The average molecular weight is 306 g/mol. The van der Waals surface area contributed by atoms with Gasteiger partial charge in [-0.05, 0) is 12.1 Å². The highest BCUT2D eigenvalue weighted by Crippen LogP contribution is 2.31. The van der Waals surface area contributed by atoms with Gasteiger partial charge in [-0.3, -0.25) is 14.9 Å². The van der Waals surface area contributed by atoms with E-state index in [9.17, 15) is 9.59 Å². The molecular formula is C13H12ClN5O2. The van der Waals surface area contributed by atoms with Crippen molar-refractivity contribution in [2.75, 3.05) is 16.8 Å². The third-order valence-corrected chi connectivity index (χ3v) is 3.62. The van der Waals surface area contributed by atoms with Gasteiger partial charge in [0.25, 0.3) is 0 Å². The summed E-state index contributed by atoms with van der Waals surface area (Å²) in [5.74, 6) is -0.571. The summed E-state index contributed by atoms with van der Waals surface area (Å²) in [4.78, 5) is 29.6. The molecule has 1 aromatic heterocycles. The van der Waals surface area contributed by atoms with Crippen molar-refractivity contribution in [1.29, 1.82) is 0 Å². The van der Waals surface area contributed by atoms with Crippen LogP contribution < -0.4 is 10.2 Å². The lowest BCUT2D eigenvalue weighted by atomic mass is 10.1. The minimum Gasteiger partial charge on any atom is -0.310 e. The summed E-state index contributed by atoms with van der Waals surface area (Å²) >= 11 is 6.09. The molecule has 2 heterocycles. The zero-order valence-corrected chi connectivity index (χ0v) is 11.7. The predicted octanol–water partition coefficient (Wildman–Crippen LogP) is 1.45. The first kappa shape index (κ1) is 13.6. The van der Waals surface area contributed by atoms with Crippen molar-refractivity contribution in [3.8, 4) is 0 Å². The van der Waals surface area contributed by atoms with Gasteiger partial charge in [0, 0.05) is 13.0 Å². The van der Waals surface area contributed by atoms with E-state index < -0.39 is 5.92 Å². The number of nitrogens with one attached hydrogen (secondary N) is 2. The molecule has 1 aliphatic rings. The minimum atomic E-state index is -0.445. The number of halogens is 1. The second kappa shape index (κ2) is 5.53. The second-order valence-electron chi connectivity index (χ2n) is 4.68. The van der Waals surface area contributed by atoms with E-state index in [-0.39, 0.29) is 24.2 Å². The molecule has 3 rings (SSSR count). The quantitative estimate of drug-likeness (QED) is 0.898. The summed E-state index contributed by atoms with van der Waals surface area (Å²) < 4.78 is 0. The van der Waals surface area contributed by atoms with Gasteiger partial charge in [0.1, 0.15) is 6.33 Å². The maximum absolute atomic E-state index is 12.1. The van der Waals surface area contributed by atoms with Crippen LogP contribution in [0.4, 0.5) is 11.6 Å². The summed E-state index contributed by atoms with van der Waals surface area (Å²) in [5, 5.41) is 9.27. The first-order valence-corrected chi connectivity index (χ1v) is 6.74. The molecule has 2 amide bonds. The Morgan fingerprint density at radius 1 is 1.43 bits per heavy atom. The monoisotopic (exact) mass is 305 g/mol. The van der Waals surface area contributed by atoms with Gasteiger partial charge in [-0.1, -0.05) is 23.7 Å². The zero-order chi connectivity index (χ0) is 14.8. The van der Waals surface area contributed by atoms with Crippen LogP contribution in [0.2, 0.25) is 5.02 Å². The molecule has 7 nitrogen and oxygen atoms in total. The van der Waals surface area contributed by atoms with Crippen molar-refractivity contribution < 1.29 is 9.59 Å². The van der Waals surface area contributed by atoms with E-state index in [4.69, 9.17) is 11.6 Å². The van der Waals surface area contributed by atoms with E-state index >= 15 is 0 Å². The number of H-pyrrole nitrogens is 1. The first-order chi connectivity index (χ1) is 10.1. The Balaban J connectivity index is 1.73. The number of hydrogen-bond donors (Lipinski definition) is 2. The van der Waals surface area contributed by atoms with E-state index in [0.29, 0.717) is 17.3 Å². The lowest BCUT2D eigenvalue weighted by Gasteiger charge is -2.17. The molecule has 0 bridgehead atoms. The molecule has 0 radical (unpaired) electrons. The topological polar surface area (TPSA) is 91.0 Å². The molecule has 1 aliphatic heterocycles. The lowest BCUT2D eigenvalue weighted by molar-refractivity contribution is -0.122. The van der Waals surface area contributed by atoms with E-state index in [1.165, 1.54) is 11.2 Å². The van der Waals surface area contributed by atoms with Gasteiger partial charge in [-0.15, -0.1) is 0 Å². The number of rotatable bonds is 3. The Labute approximate surface area is 125 Å². The number of para-hydroxylation sites is 1. The van der Waals surface area contributed by atoms with Gasteiger partial charge >= 0.3 is 0 Å². The molecule has 0 saturated carbocycles. The lowest BCUT2D eigenvalue weighted by Crippen LogP contribution is -2.28. The van der Waals surface area contributed by atoms with Crippen LogP contribution >= 0.6 is 11.6 Å². The zero-order valence-electron chi connectivity index (χ0n) is 10.9. The number of aromatic nitrogens is 3. The van der Waals surface area contributed by atoms with Crippen LogP contribution in [0.5, 0.6) is 0 Å². The number of carbonyl (C=O) groups excluding carboxylic acids is 2. The van der Waals surface area contributed by atoms with Crippen molar-refractivity contribution in [3.05, 3.63) is 35.6 Å². The number of hydrogen-bond acceptors (Lipinski definition) is 4. The Morgan fingerprint density at radius 2 is 2.24 bits per heavy atom. The predicted molar refractivity (Wildman–Crippen MR) is 76.9 cm³/mol. The first-order valence-electron chi connectivity index (χ1n) is 6.36. The van der Waals surface area contributed by atoms with E-state index in [1.54, 1.807) is 24.3 Å². The van der Waals surface area contributed by atoms with Crippen LogP contribution in [0.1, 0.15) is 6.42 Å². The summed E-state index contributed by atoms with van der Waals surface area (Å²) in [6.45, 7) is 0.294. The SMILES string of the molecule is O=C(Nc1ncn[nH]1)[C@H]1CC(=O)N(c2ccccc2Cl)C1. The van der Waals surface area contributed by atoms with Crippen LogP contribution in [0.15, 0.2) is 30.6 Å². The van der Waals surface area contributed by atoms with Gasteiger partial charge < -0.3 is 4.90 Å². The molecule has 1 saturated heterocycles. The normalized spacial score (nSPS) is 18.0. The summed E-state index contributed by atoms with van der Waals surface area (Å²) in [6.07, 6.45) is 1.44. The minimum absolute atomic E-state index is 0.124. The number of carbonyl (C=O) groups is 2. The van der Waals surface area contributed by atoms with E-state index in [0.717, 1.165) is 0 Å². The Bertz CT molecular complexity index is 673. The van der Waals surface area contributed by atoms with Crippen LogP contribution in [0.25, 0.3) is 0 Å². The molecule has 1 aromatic carbocycles. The molecule has 1 atom stereocenters. The van der Waals surface area contributed by atoms with Crippen LogP contribution in [-0.4, -0.2) is 33.5 Å².